The molecule has 0 aromatic carbocycles. The number of ether oxygens (including phenoxy) is 2. The fourth-order valence-electron chi connectivity index (χ4n) is 2.45. The van der Waals surface area contributed by atoms with E-state index in [4.69, 9.17) is 9.47 Å². The highest BCUT2D eigenvalue weighted by Gasteiger charge is 2.30. The van der Waals surface area contributed by atoms with Crippen LogP contribution >= 0.6 is 23.1 Å². The lowest BCUT2D eigenvalue weighted by Crippen LogP contribution is -2.12. The maximum Gasteiger partial charge on any atom is 0.348 e. The third-order valence-electron chi connectivity index (χ3n) is 3.34. The van der Waals surface area contributed by atoms with Crippen molar-refractivity contribution in [2.45, 2.75) is 43.4 Å². The van der Waals surface area contributed by atoms with E-state index in [1.54, 1.807) is 13.8 Å². The Labute approximate surface area is 138 Å². The molecule has 0 aliphatic heterocycles. The standard InChI is InChI=1S/C15H20O5S2/c1-3-19-11(17)8-21-15-12-9(6-5-7-10(12)16)13(22-15)14(18)20-4-2/h10,16H,3-8H2,1-2H3/t10-/m1/s1. The summed E-state index contributed by atoms with van der Waals surface area (Å²) in [5.41, 5.74) is 1.68. The van der Waals surface area contributed by atoms with Crippen molar-refractivity contribution in [1.29, 1.82) is 0 Å². The molecule has 5 nitrogen and oxygen atoms in total. The highest BCUT2D eigenvalue weighted by atomic mass is 32.2. The number of thioether (sulfide) groups is 1. The summed E-state index contributed by atoms with van der Waals surface area (Å²) in [4.78, 5) is 24.2. The van der Waals surface area contributed by atoms with E-state index in [0.29, 0.717) is 24.5 Å². The number of esters is 2. The minimum absolute atomic E-state index is 0.176. The first-order valence-electron chi connectivity index (χ1n) is 7.37. The quantitative estimate of drug-likeness (QED) is 0.632. The third kappa shape index (κ3) is 3.83. The molecule has 0 unspecified atom stereocenters. The first-order chi connectivity index (χ1) is 10.6. The van der Waals surface area contributed by atoms with Crippen molar-refractivity contribution in [3.63, 3.8) is 0 Å². The number of carbonyl (C=O) groups excluding carboxylic acids is 2. The van der Waals surface area contributed by atoms with E-state index in [2.05, 4.69) is 0 Å². The lowest BCUT2D eigenvalue weighted by molar-refractivity contribution is -0.139. The average Bonchev–Trinajstić information content (AvgIpc) is 2.86. The smallest absolute Gasteiger partial charge is 0.348 e. The zero-order valence-corrected chi connectivity index (χ0v) is 14.3. The molecule has 1 aromatic rings. The number of thiophene rings is 1. The van der Waals surface area contributed by atoms with E-state index in [1.807, 2.05) is 0 Å². The molecule has 22 heavy (non-hydrogen) atoms. The number of aliphatic hydroxyl groups is 1. The molecule has 1 aromatic heterocycles. The van der Waals surface area contributed by atoms with E-state index in [1.165, 1.54) is 23.1 Å². The van der Waals surface area contributed by atoms with Crippen molar-refractivity contribution < 1.29 is 24.2 Å². The molecule has 1 atom stereocenters. The van der Waals surface area contributed by atoms with Crippen LogP contribution in [0.3, 0.4) is 0 Å². The SMILES string of the molecule is CCOC(=O)CSc1sc(C(=O)OCC)c2c1[C@H](O)CCC2. The fraction of sp³-hybridized carbons (Fsp3) is 0.600. The molecule has 1 heterocycles. The molecule has 122 valence electrons. The fourth-order valence-corrected chi connectivity index (χ4v) is 4.89. The van der Waals surface area contributed by atoms with Crippen molar-refractivity contribution in [1.82, 2.24) is 0 Å². The lowest BCUT2D eigenvalue weighted by Gasteiger charge is -2.19. The summed E-state index contributed by atoms with van der Waals surface area (Å²) in [6, 6.07) is 0. The van der Waals surface area contributed by atoms with Gasteiger partial charge in [-0.1, -0.05) is 0 Å². The van der Waals surface area contributed by atoms with E-state index in [0.717, 1.165) is 28.2 Å². The Morgan fingerprint density at radius 1 is 1.32 bits per heavy atom. The van der Waals surface area contributed by atoms with Crippen molar-refractivity contribution in [3.8, 4) is 0 Å². The molecule has 1 aliphatic rings. The predicted octanol–water partition coefficient (Wildman–Crippen LogP) is 2.95. The Bertz CT molecular complexity index is 552. The van der Waals surface area contributed by atoms with Crippen molar-refractivity contribution in [3.05, 3.63) is 16.0 Å². The molecule has 0 radical (unpaired) electrons. The van der Waals surface area contributed by atoms with Crippen LogP contribution in [0.5, 0.6) is 0 Å². The highest BCUT2D eigenvalue weighted by molar-refractivity contribution is 8.01. The number of fused-ring (bicyclic) bond motifs is 1. The number of carbonyl (C=O) groups is 2. The van der Waals surface area contributed by atoms with Gasteiger partial charge in [0.15, 0.2) is 0 Å². The van der Waals surface area contributed by atoms with E-state index < -0.39 is 6.10 Å². The van der Waals surface area contributed by atoms with Crippen LogP contribution in [0.1, 0.15) is 53.6 Å². The minimum Gasteiger partial charge on any atom is -0.465 e. The summed E-state index contributed by atoms with van der Waals surface area (Å²) in [7, 11) is 0. The zero-order valence-electron chi connectivity index (χ0n) is 12.7. The van der Waals surface area contributed by atoms with Gasteiger partial charge >= 0.3 is 11.9 Å². The Balaban J connectivity index is 2.25. The Morgan fingerprint density at radius 2 is 2.05 bits per heavy atom. The maximum atomic E-state index is 12.1. The van der Waals surface area contributed by atoms with Gasteiger partial charge in [0.05, 0.1) is 29.3 Å². The molecule has 2 rings (SSSR count). The molecule has 7 heteroatoms. The van der Waals surface area contributed by atoms with Gasteiger partial charge in [-0.05, 0) is 38.7 Å². The average molecular weight is 344 g/mol. The van der Waals surface area contributed by atoms with Gasteiger partial charge in [0, 0.05) is 5.56 Å². The van der Waals surface area contributed by atoms with E-state index in [-0.39, 0.29) is 17.7 Å². The van der Waals surface area contributed by atoms with Gasteiger partial charge in [-0.3, -0.25) is 4.79 Å². The molecule has 1 aliphatic carbocycles. The van der Waals surface area contributed by atoms with Crippen molar-refractivity contribution in [2.75, 3.05) is 19.0 Å². The predicted molar refractivity (Wildman–Crippen MR) is 85.5 cm³/mol. The second kappa shape index (κ2) is 7.99. The van der Waals surface area contributed by atoms with Crippen LogP contribution in [-0.2, 0) is 20.7 Å². The summed E-state index contributed by atoms with van der Waals surface area (Å²) in [5, 5.41) is 10.3. The van der Waals surface area contributed by atoms with E-state index in [9.17, 15) is 14.7 Å². The van der Waals surface area contributed by atoms with Gasteiger partial charge in [-0.15, -0.1) is 23.1 Å². The second-order valence-corrected chi connectivity index (χ2v) is 7.10. The van der Waals surface area contributed by atoms with Crippen LogP contribution < -0.4 is 0 Å². The number of hydrogen-bond acceptors (Lipinski definition) is 7. The number of aliphatic hydroxyl groups excluding tert-OH is 1. The van der Waals surface area contributed by atoms with Gasteiger partial charge in [0.1, 0.15) is 4.88 Å². The molecule has 0 spiro atoms. The zero-order chi connectivity index (χ0) is 16.1. The first kappa shape index (κ1) is 17.3. The van der Waals surface area contributed by atoms with Crippen molar-refractivity contribution in [2.24, 2.45) is 0 Å². The topological polar surface area (TPSA) is 72.8 Å². The van der Waals surface area contributed by atoms with Gasteiger partial charge in [-0.2, -0.15) is 0 Å². The monoisotopic (exact) mass is 344 g/mol. The third-order valence-corrected chi connectivity index (χ3v) is 5.83. The largest absolute Gasteiger partial charge is 0.465 e. The van der Waals surface area contributed by atoms with Gasteiger partial charge in [-0.25, -0.2) is 4.79 Å². The summed E-state index contributed by atoms with van der Waals surface area (Å²) in [6.07, 6.45) is 1.71. The molecule has 0 saturated heterocycles. The van der Waals surface area contributed by atoms with Crippen LogP contribution in [0.25, 0.3) is 0 Å². The van der Waals surface area contributed by atoms with Crippen LogP contribution in [0, 0.1) is 0 Å². The molecule has 0 bridgehead atoms. The minimum atomic E-state index is -0.576. The Morgan fingerprint density at radius 3 is 2.73 bits per heavy atom. The molecule has 0 saturated carbocycles. The van der Waals surface area contributed by atoms with Gasteiger partial charge < -0.3 is 14.6 Å². The molecule has 0 amide bonds. The molecule has 1 N–H and O–H groups in total. The molecular formula is C15H20O5S2. The highest BCUT2D eigenvalue weighted by Crippen LogP contribution is 2.44. The summed E-state index contributed by atoms with van der Waals surface area (Å²) < 4.78 is 10.8. The molecular weight excluding hydrogens is 324 g/mol. The summed E-state index contributed by atoms with van der Waals surface area (Å²) in [6.45, 7) is 4.19. The van der Waals surface area contributed by atoms with Crippen molar-refractivity contribution >= 4 is 35.0 Å². The summed E-state index contributed by atoms with van der Waals surface area (Å²) in [5.74, 6) is -0.464. The van der Waals surface area contributed by atoms with Crippen LogP contribution in [-0.4, -0.2) is 36.0 Å². The first-order valence-corrected chi connectivity index (χ1v) is 9.17. The van der Waals surface area contributed by atoms with Crippen LogP contribution in [0.4, 0.5) is 0 Å². The normalized spacial score (nSPS) is 17.0. The Kier molecular flexibility index (Phi) is 6.28. The summed E-state index contributed by atoms with van der Waals surface area (Å²) >= 11 is 2.63. The maximum absolute atomic E-state index is 12.1. The van der Waals surface area contributed by atoms with Crippen LogP contribution in [0.15, 0.2) is 4.21 Å². The van der Waals surface area contributed by atoms with Gasteiger partial charge in [0.25, 0.3) is 0 Å². The number of hydrogen-bond donors (Lipinski definition) is 1. The number of rotatable bonds is 6. The lowest BCUT2D eigenvalue weighted by atomic mass is 9.91. The van der Waals surface area contributed by atoms with E-state index >= 15 is 0 Å². The van der Waals surface area contributed by atoms with Crippen LogP contribution in [0.2, 0.25) is 0 Å². The second-order valence-electron chi connectivity index (χ2n) is 4.83. The molecule has 0 fully saturated rings. The Hall–Kier alpha value is -1.05. The van der Waals surface area contributed by atoms with Gasteiger partial charge in [0.2, 0.25) is 0 Å².